The van der Waals surface area contributed by atoms with Gasteiger partial charge >= 0.3 is 0 Å². The molecule has 1 unspecified atom stereocenters. The van der Waals surface area contributed by atoms with Gasteiger partial charge in [0, 0.05) is 19.3 Å². The van der Waals surface area contributed by atoms with Gasteiger partial charge in [-0.2, -0.15) is 0 Å². The van der Waals surface area contributed by atoms with Crippen LogP contribution in [0.3, 0.4) is 0 Å². The summed E-state index contributed by atoms with van der Waals surface area (Å²) in [6, 6.07) is 0.964. The molecule has 1 aromatic rings. The molecule has 1 heterocycles. The van der Waals surface area contributed by atoms with Crippen LogP contribution in [0, 0.1) is 6.92 Å². The van der Waals surface area contributed by atoms with E-state index >= 15 is 0 Å². The summed E-state index contributed by atoms with van der Waals surface area (Å²) in [5.41, 5.74) is 1.10. The Morgan fingerprint density at radius 1 is 1.42 bits per heavy atom. The quantitative estimate of drug-likeness (QED) is 0.855. The number of aromatic nitrogens is 2. The first-order valence-electron chi connectivity index (χ1n) is 7.55. The number of nitrogens with zero attached hydrogens (tertiary/aromatic N) is 2. The lowest BCUT2D eigenvalue weighted by molar-refractivity contribution is 0.184. The highest BCUT2D eigenvalue weighted by Crippen LogP contribution is 2.31. The lowest BCUT2D eigenvalue weighted by atomic mass is 9.95. The predicted molar refractivity (Wildman–Crippen MR) is 78.7 cm³/mol. The average molecular weight is 265 g/mol. The maximum absolute atomic E-state index is 5.26. The van der Waals surface area contributed by atoms with Gasteiger partial charge in [-0.1, -0.05) is 26.2 Å². The molecule has 1 N–H and O–H groups in total. The molecule has 1 aliphatic rings. The molecule has 1 saturated carbocycles. The third-order valence-corrected chi connectivity index (χ3v) is 4.01. The number of methoxy groups -OCH3 is 1. The van der Waals surface area contributed by atoms with Crippen molar-refractivity contribution in [2.24, 2.45) is 0 Å². The molecule has 0 radical (unpaired) electrons. The van der Waals surface area contributed by atoms with Gasteiger partial charge in [-0.3, -0.25) is 0 Å². The Kier molecular flexibility index (Phi) is 5.25. The molecule has 108 valence electrons. The fourth-order valence-electron chi connectivity index (χ4n) is 2.91. The molecule has 2 rings (SSSR count). The normalized spacial score (nSPS) is 18.5. The van der Waals surface area contributed by atoms with Crippen LogP contribution in [0.5, 0.6) is 0 Å². The zero-order chi connectivity index (χ0) is 13.7. The van der Waals surface area contributed by atoms with Gasteiger partial charge in [0.2, 0.25) is 5.95 Å². The SMILES string of the molecule is CCC(COC)Nc1nc(C)cn1C1CCCCC1. The second kappa shape index (κ2) is 6.94. The lowest BCUT2D eigenvalue weighted by Gasteiger charge is -2.26. The highest BCUT2D eigenvalue weighted by Gasteiger charge is 2.20. The largest absolute Gasteiger partial charge is 0.383 e. The van der Waals surface area contributed by atoms with E-state index in [1.807, 2.05) is 0 Å². The summed E-state index contributed by atoms with van der Waals surface area (Å²) in [6.07, 6.45) is 9.88. The van der Waals surface area contributed by atoms with Gasteiger partial charge in [-0.05, 0) is 26.2 Å². The molecular weight excluding hydrogens is 238 g/mol. The molecule has 1 atom stereocenters. The van der Waals surface area contributed by atoms with Crippen molar-refractivity contribution in [2.45, 2.75) is 64.5 Å². The highest BCUT2D eigenvalue weighted by molar-refractivity contribution is 5.31. The van der Waals surface area contributed by atoms with E-state index in [1.165, 1.54) is 32.1 Å². The van der Waals surface area contributed by atoms with Crippen LogP contribution >= 0.6 is 0 Å². The number of anilines is 1. The monoisotopic (exact) mass is 265 g/mol. The fraction of sp³-hybridized carbons (Fsp3) is 0.800. The van der Waals surface area contributed by atoms with Crippen molar-refractivity contribution >= 4 is 5.95 Å². The average Bonchev–Trinajstić information content (AvgIpc) is 2.80. The molecule has 0 spiro atoms. The highest BCUT2D eigenvalue weighted by atomic mass is 16.5. The number of imidazole rings is 1. The van der Waals surface area contributed by atoms with Crippen molar-refractivity contribution in [3.8, 4) is 0 Å². The maximum Gasteiger partial charge on any atom is 0.203 e. The predicted octanol–water partition coefficient (Wildman–Crippen LogP) is 3.53. The first-order valence-corrected chi connectivity index (χ1v) is 7.55. The van der Waals surface area contributed by atoms with Gasteiger partial charge in [0.05, 0.1) is 18.3 Å². The molecule has 4 nitrogen and oxygen atoms in total. The molecule has 0 saturated heterocycles. The first-order chi connectivity index (χ1) is 9.24. The van der Waals surface area contributed by atoms with Crippen LogP contribution in [-0.2, 0) is 4.74 Å². The molecule has 0 amide bonds. The smallest absolute Gasteiger partial charge is 0.203 e. The summed E-state index contributed by atoms with van der Waals surface area (Å²) in [6.45, 7) is 4.98. The standard InChI is InChI=1S/C15H27N3O/c1-4-13(11-19-3)17-15-16-12(2)10-18(15)14-8-6-5-7-9-14/h10,13-14H,4-9,11H2,1-3H3,(H,16,17). The molecule has 4 heteroatoms. The maximum atomic E-state index is 5.26. The van der Waals surface area contributed by atoms with Gasteiger partial charge in [-0.25, -0.2) is 4.98 Å². The summed E-state index contributed by atoms with van der Waals surface area (Å²) in [7, 11) is 1.75. The summed E-state index contributed by atoms with van der Waals surface area (Å²) in [5, 5.41) is 3.54. The Morgan fingerprint density at radius 2 is 2.16 bits per heavy atom. The van der Waals surface area contributed by atoms with Gasteiger partial charge in [0.25, 0.3) is 0 Å². The topological polar surface area (TPSA) is 39.1 Å². The van der Waals surface area contributed by atoms with Gasteiger partial charge < -0.3 is 14.6 Å². The number of rotatable bonds is 6. The Hall–Kier alpha value is -1.03. The van der Waals surface area contributed by atoms with E-state index in [1.54, 1.807) is 7.11 Å². The Labute approximate surface area is 116 Å². The number of hydrogen-bond donors (Lipinski definition) is 1. The van der Waals surface area contributed by atoms with Crippen LogP contribution in [0.25, 0.3) is 0 Å². The summed E-state index contributed by atoms with van der Waals surface area (Å²) < 4.78 is 7.61. The molecule has 19 heavy (non-hydrogen) atoms. The third-order valence-electron chi connectivity index (χ3n) is 4.01. The first kappa shape index (κ1) is 14.4. The number of hydrogen-bond acceptors (Lipinski definition) is 3. The zero-order valence-corrected chi connectivity index (χ0v) is 12.5. The van der Waals surface area contributed by atoms with Crippen molar-refractivity contribution < 1.29 is 4.74 Å². The van der Waals surface area contributed by atoms with E-state index in [9.17, 15) is 0 Å². The van der Waals surface area contributed by atoms with E-state index in [-0.39, 0.29) is 0 Å². The third kappa shape index (κ3) is 3.72. The van der Waals surface area contributed by atoms with Crippen LogP contribution in [0.15, 0.2) is 6.20 Å². The van der Waals surface area contributed by atoms with Crippen LogP contribution < -0.4 is 5.32 Å². The second-order valence-electron chi connectivity index (χ2n) is 5.61. The van der Waals surface area contributed by atoms with E-state index < -0.39 is 0 Å². The van der Waals surface area contributed by atoms with Crippen molar-refractivity contribution in [1.29, 1.82) is 0 Å². The molecule has 0 aromatic carbocycles. The minimum Gasteiger partial charge on any atom is -0.383 e. The molecule has 0 bridgehead atoms. The number of ether oxygens (including phenoxy) is 1. The number of aryl methyl sites for hydroxylation is 1. The second-order valence-corrected chi connectivity index (χ2v) is 5.61. The van der Waals surface area contributed by atoms with Crippen LogP contribution in [0.1, 0.15) is 57.2 Å². The van der Waals surface area contributed by atoms with E-state index in [0.29, 0.717) is 12.1 Å². The number of nitrogens with one attached hydrogen (secondary N) is 1. The van der Waals surface area contributed by atoms with Gasteiger partial charge in [0.1, 0.15) is 0 Å². The van der Waals surface area contributed by atoms with Crippen molar-refractivity contribution in [1.82, 2.24) is 9.55 Å². The minimum absolute atomic E-state index is 0.342. The Bertz CT molecular complexity index is 383. The van der Waals surface area contributed by atoms with Crippen molar-refractivity contribution in [3.63, 3.8) is 0 Å². The van der Waals surface area contributed by atoms with Crippen LogP contribution in [0.2, 0.25) is 0 Å². The summed E-state index contributed by atoms with van der Waals surface area (Å²) in [5.74, 6) is 1.02. The lowest BCUT2D eigenvalue weighted by Crippen LogP contribution is -2.27. The van der Waals surface area contributed by atoms with E-state index in [2.05, 4.69) is 34.9 Å². The fourth-order valence-corrected chi connectivity index (χ4v) is 2.91. The zero-order valence-electron chi connectivity index (χ0n) is 12.5. The van der Waals surface area contributed by atoms with Gasteiger partial charge in [-0.15, -0.1) is 0 Å². The Balaban J connectivity index is 2.10. The van der Waals surface area contributed by atoms with Crippen molar-refractivity contribution in [3.05, 3.63) is 11.9 Å². The Morgan fingerprint density at radius 3 is 2.79 bits per heavy atom. The van der Waals surface area contributed by atoms with E-state index in [0.717, 1.165) is 24.7 Å². The summed E-state index contributed by atoms with van der Waals surface area (Å²) in [4.78, 5) is 4.65. The molecule has 1 fully saturated rings. The molecule has 1 aromatic heterocycles. The van der Waals surface area contributed by atoms with Gasteiger partial charge in [0.15, 0.2) is 0 Å². The van der Waals surface area contributed by atoms with Crippen LogP contribution in [0.4, 0.5) is 5.95 Å². The van der Waals surface area contributed by atoms with Crippen molar-refractivity contribution in [2.75, 3.05) is 19.0 Å². The molecule has 0 aliphatic heterocycles. The summed E-state index contributed by atoms with van der Waals surface area (Å²) >= 11 is 0. The minimum atomic E-state index is 0.342. The van der Waals surface area contributed by atoms with E-state index in [4.69, 9.17) is 4.74 Å². The van der Waals surface area contributed by atoms with Crippen LogP contribution in [-0.4, -0.2) is 29.3 Å². The molecular formula is C15H27N3O. The molecule has 1 aliphatic carbocycles.